The van der Waals surface area contributed by atoms with Gasteiger partial charge >= 0.3 is 0 Å². The van der Waals surface area contributed by atoms with Gasteiger partial charge in [-0.2, -0.15) is 0 Å². The van der Waals surface area contributed by atoms with E-state index in [-0.39, 0.29) is 0 Å². The second-order valence-corrected chi connectivity index (χ2v) is 4.78. The van der Waals surface area contributed by atoms with Crippen molar-refractivity contribution in [3.8, 4) is 0 Å². The van der Waals surface area contributed by atoms with Gasteiger partial charge in [0.25, 0.3) is 0 Å². The Kier molecular flexibility index (Phi) is 9.67. The van der Waals surface area contributed by atoms with E-state index in [2.05, 4.69) is 39.5 Å². The van der Waals surface area contributed by atoms with Crippen molar-refractivity contribution in [3.05, 3.63) is 24.3 Å². The highest BCUT2D eigenvalue weighted by atomic mass is 14.0. The Bertz CT molecular complexity index is 176. The van der Waals surface area contributed by atoms with Crippen molar-refractivity contribution < 1.29 is 0 Å². The van der Waals surface area contributed by atoms with E-state index in [0.717, 1.165) is 12.3 Å². The summed E-state index contributed by atoms with van der Waals surface area (Å²) in [5, 5.41) is 0. The summed E-state index contributed by atoms with van der Waals surface area (Å²) in [5.41, 5.74) is 1.25. The number of rotatable bonds is 9. The SMILES string of the molecule is C=C(C)C/C=C/CCCCCC(C)CC. The summed E-state index contributed by atoms with van der Waals surface area (Å²) < 4.78 is 0. The highest BCUT2D eigenvalue weighted by Gasteiger charge is 1.97. The predicted octanol–water partition coefficient (Wildman–Crippen LogP) is 5.51. The van der Waals surface area contributed by atoms with Gasteiger partial charge in [-0.05, 0) is 32.1 Å². The molecule has 15 heavy (non-hydrogen) atoms. The standard InChI is InChI=1S/C15H28/c1-5-15(4)13-11-9-7-6-8-10-12-14(2)3/h8,10,15H,2,5-7,9,11-13H2,1,3-4H3/b10-8+. The zero-order valence-corrected chi connectivity index (χ0v) is 10.9. The van der Waals surface area contributed by atoms with E-state index < -0.39 is 0 Å². The number of hydrogen-bond donors (Lipinski definition) is 0. The highest BCUT2D eigenvalue weighted by Crippen LogP contribution is 2.13. The average Bonchev–Trinajstić information content (AvgIpc) is 2.21. The molecule has 0 aromatic heterocycles. The molecule has 0 aliphatic heterocycles. The molecule has 0 saturated carbocycles. The summed E-state index contributed by atoms with van der Waals surface area (Å²) >= 11 is 0. The summed E-state index contributed by atoms with van der Waals surface area (Å²) in [4.78, 5) is 0. The Hall–Kier alpha value is -0.520. The van der Waals surface area contributed by atoms with Crippen molar-refractivity contribution in [2.75, 3.05) is 0 Å². The van der Waals surface area contributed by atoms with Crippen molar-refractivity contribution >= 4 is 0 Å². The Labute approximate surface area is 96.5 Å². The van der Waals surface area contributed by atoms with Gasteiger partial charge in [-0.1, -0.05) is 63.8 Å². The summed E-state index contributed by atoms with van der Waals surface area (Å²) in [7, 11) is 0. The zero-order valence-electron chi connectivity index (χ0n) is 10.9. The summed E-state index contributed by atoms with van der Waals surface area (Å²) in [6.07, 6.45) is 13.7. The molecular formula is C15H28. The Morgan fingerprint density at radius 2 is 1.93 bits per heavy atom. The molecule has 1 atom stereocenters. The lowest BCUT2D eigenvalue weighted by molar-refractivity contribution is 0.479. The fourth-order valence-corrected chi connectivity index (χ4v) is 1.54. The van der Waals surface area contributed by atoms with E-state index in [1.165, 1.54) is 44.1 Å². The molecule has 1 unspecified atom stereocenters. The van der Waals surface area contributed by atoms with E-state index >= 15 is 0 Å². The third kappa shape index (κ3) is 11.4. The summed E-state index contributed by atoms with van der Waals surface area (Å²) in [6, 6.07) is 0. The van der Waals surface area contributed by atoms with Crippen LogP contribution in [-0.2, 0) is 0 Å². The molecule has 0 heteroatoms. The van der Waals surface area contributed by atoms with Gasteiger partial charge in [-0.15, -0.1) is 0 Å². The molecule has 0 bridgehead atoms. The van der Waals surface area contributed by atoms with E-state index in [1.54, 1.807) is 0 Å². The Morgan fingerprint density at radius 1 is 1.20 bits per heavy atom. The van der Waals surface area contributed by atoms with Crippen molar-refractivity contribution in [3.63, 3.8) is 0 Å². The van der Waals surface area contributed by atoms with Gasteiger partial charge < -0.3 is 0 Å². The van der Waals surface area contributed by atoms with Crippen molar-refractivity contribution in [1.82, 2.24) is 0 Å². The minimum absolute atomic E-state index is 0.920. The molecule has 0 N–H and O–H groups in total. The molecule has 0 aromatic rings. The molecule has 0 amide bonds. The van der Waals surface area contributed by atoms with Crippen LogP contribution in [0.3, 0.4) is 0 Å². The fraction of sp³-hybridized carbons (Fsp3) is 0.733. The van der Waals surface area contributed by atoms with Gasteiger partial charge in [0, 0.05) is 0 Å². The minimum Gasteiger partial charge on any atom is -0.0998 e. The van der Waals surface area contributed by atoms with Crippen LogP contribution in [0.25, 0.3) is 0 Å². The van der Waals surface area contributed by atoms with Crippen LogP contribution in [0.1, 0.15) is 65.7 Å². The smallest absolute Gasteiger partial charge is 0.0144 e. The Balaban J connectivity index is 3.18. The predicted molar refractivity (Wildman–Crippen MR) is 71.1 cm³/mol. The lowest BCUT2D eigenvalue weighted by Gasteiger charge is -2.06. The highest BCUT2D eigenvalue weighted by molar-refractivity contribution is 4.98. The fourth-order valence-electron chi connectivity index (χ4n) is 1.54. The van der Waals surface area contributed by atoms with Crippen LogP contribution < -0.4 is 0 Å². The number of unbranched alkanes of at least 4 members (excludes halogenated alkanes) is 3. The molecule has 0 nitrogen and oxygen atoms in total. The summed E-state index contributed by atoms with van der Waals surface area (Å²) in [6.45, 7) is 10.6. The van der Waals surface area contributed by atoms with Gasteiger partial charge in [0.2, 0.25) is 0 Å². The number of allylic oxidation sites excluding steroid dienone is 3. The van der Waals surface area contributed by atoms with Crippen LogP contribution >= 0.6 is 0 Å². The van der Waals surface area contributed by atoms with Gasteiger partial charge in [0.05, 0.1) is 0 Å². The molecule has 0 aliphatic carbocycles. The molecule has 0 aliphatic rings. The largest absolute Gasteiger partial charge is 0.0998 e. The second kappa shape index (κ2) is 10.0. The van der Waals surface area contributed by atoms with Crippen LogP contribution in [0.4, 0.5) is 0 Å². The third-order valence-corrected chi connectivity index (χ3v) is 2.90. The van der Waals surface area contributed by atoms with Gasteiger partial charge in [0.15, 0.2) is 0 Å². The first-order chi connectivity index (χ1) is 7.16. The summed E-state index contributed by atoms with van der Waals surface area (Å²) in [5.74, 6) is 0.920. The normalized spacial score (nSPS) is 13.3. The van der Waals surface area contributed by atoms with Crippen molar-refractivity contribution in [2.45, 2.75) is 65.7 Å². The van der Waals surface area contributed by atoms with Crippen LogP contribution in [-0.4, -0.2) is 0 Å². The minimum atomic E-state index is 0.920. The lowest BCUT2D eigenvalue weighted by Crippen LogP contribution is -1.91. The second-order valence-electron chi connectivity index (χ2n) is 4.78. The van der Waals surface area contributed by atoms with Crippen LogP contribution in [0, 0.1) is 5.92 Å². The first-order valence-electron chi connectivity index (χ1n) is 6.46. The monoisotopic (exact) mass is 208 g/mol. The van der Waals surface area contributed by atoms with Crippen LogP contribution in [0.2, 0.25) is 0 Å². The molecule has 88 valence electrons. The maximum absolute atomic E-state index is 3.88. The van der Waals surface area contributed by atoms with E-state index in [9.17, 15) is 0 Å². The zero-order chi connectivity index (χ0) is 11.5. The van der Waals surface area contributed by atoms with Crippen molar-refractivity contribution in [2.24, 2.45) is 5.92 Å². The molecule has 0 fully saturated rings. The van der Waals surface area contributed by atoms with Crippen molar-refractivity contribution in [1.29, 1.82) is 0 Å². The lowest BCUT2D eigenvalue weighted by atomic mass is 10.0. The maximum atomic E-state index is 3.88. The molecule has 0 saturated heterocycles. The molecule has 0 radical (unpaired) electrons. The first kappa shape index (κ1) is 14.5. The van der Waals surface area contributed by atoms with E-state index in [0.29, 0.717) is 0 Å². The van der Waals surface area contributed by atoms with Crippen LogP contribution in [0.5, 0.6) is 0 Å². The van der Waals surface area contributed by atoms with Gasteiger partial charge in [-0.25, -0.2) is 0 Å². The quantitative estimate of drug-likeness (QED) is 0.346. The number of hydrogen-bond acceptors (Lipinski definition) is 0. The topological polar surface area (TPSA) is 0 Å². The average molecular weight is 208 g/mol. The Morgan fingerprint density at radius 3 is 2.53 bits per heavy atom. The molecule has 0 heterocycles. The molecule has 0 rings (SSSR count). The third-order valence-electron chi connectivity index (χ3n) is 2.90. The molecule has 0 aromatic carbocycles. The van der Waals surface area contributed by atoms with Gasteiger partial charge in [0.1, 0.15) is 0 Å². The molecule has 0 spiro atoms. The molecular weight excluding hydrogens is 180 g/mol. The van der Waals surface area contributed by atoms with E-state index in [1.807, 2.05) is 0 Å². The van der Waals surface area contributed by atoms with Gasteiger partial charge in [-0.3, -0.25) is 0 Å². The van der Waals surface area contributed by atoms with E-state index in [4.69, 9.17) is 0 Å². The first-order valence-corrected chi connectivity index (χ1v) is 6.46. The maximum Gasteiger partial charge on any atom is -0.0144 e. The van der Waals surface area contributed by atoms with Crippen LogP contribution in [0.15, 0.2) is 24.3 Å².